The van der Waals surface area contributed by atoms with Crippen LogP contribution in [0.1, 0.15) is 60.8 Å². The predicted molar refractivity (Wildman–Crippen MR) is 153 cm³/mol. The van der Waals surface area contributed by atoms with Crippen LogP contribution in [0.2, 0.25) is 0 Å². The first-order valence-corrected chi connectivity index (χ1v) is 14.9. The van der Waals surface area contributed by atoms with Crippen molar-refractivity contribution in [1.29, 1.82) is 0 Å². The number of ether oxygens (including phenoxy) is 5. The van der Waals surface area contributed by atoms with E-state index in [0.717, 1.165) is 31.5 Å². The number of nitrogens with zero attached hydrogens (tertiary/aromatic N) is 1. The van der Waals surface area contributed by atoms with E-state index in [0.29, 0.717) is 26.2 Å². The molecular formula is C31H48N2O8. The number of morpholine rings is 1. The van der Waals surface area contributed by atoms with Crippen LogP contribution in [0.25, 0.3) is 0 Å². The third-order valence-corrected chi connectivity index (χ3v) is 8.70. The number of hydrogen-bond donors (Lipinski definition) is 2. The molecule has 41 heavy (non-hydrogen) atoms. The number of carbonyl (C=O) groups is 2. The molecule has 0 saturated carbocycles. The number of hydrogen-bond acceptors (Lipinski definition) is 9. The molecule has 0 unspecified atom stereocenters. The predicted octanol–water partition coefficient (Wildman–Crippen LogP) is 2.65. The van der Waals surface area contributed by atoms with Crippen LogP contribution < -0.4 is 5.32 Å². The van der Waals surface area contributed by atoms with E-state index in [4.69, 9.17) is 23.7 Å². The molecule has 4 saturated heterocycles. The molecule has 10 nitrogen and oxygen atoms in total. The van der Waals surface area contributed by atoms with Gasteiger partial charge in [0.1, 0.15) is 29.6 Å². The molecule has 0 aromatic heterocycles. The fourth-order valence-electron chi connectivity index (χ4n) is 6.18. The van der Waals surface area contributed by atoms with Gasteiger partial charge in [-0.25, -0.2) is 0 Å². The average Bonchev–Trinajstić information content (AvgIpc) is 3.69. The van der Waals surface area contributed by atoms with Crippen molar-refractivity contribution in [1.82, 2.24) is 10.2 Å². The first-order chi connectivity index (χ1) is 19.4. The van der Waals surface area contributed by atoms with Crippen molar-refractivity contribution in [3.05, 3.63) is 36.0 Å². The second-order valence-electron chi connectivity index (χ2n) is 12.3. The number of esters is 1. The number of rotatable bonds is 9. The maximum absolute atomic E-state index is 12.4. The quantitative estimate of drug-likeness (QED) is 0.185. The first kappa shape index (κ1) is 31.8. The van der Waals surface area contributed by atoms with E-state index in [1.54, 1.807) is 13.0 Å². The number of carbonyl (C=O) groups excluding carboxylic acids is 2. The van der Waals surface area contributed by atoms with Gasteiger partial charge < -0.3 is 34.1 Å². The maximum Gasteiger partial charge on any atom is 0.303 e. The number of aliphatic hydroxyl groups excluding tert-OH is 1. The van der Waals surface area contributed by atoms with Crippen molar-refractivity contribution in [2.75, 3.05) is 32.9 Å². The maximum atomic E-state index is 12.4. The summed E-state index contributed by atoms with van der Waals surface area (Å²) >= 11 is 0. The van der Waals surface area contributed by atoms with E-state index in [1.165, 1.54) is 13.0 Å². The van der Waals surface area contributed by atoms with Crippen molar-refractivity contribution in [3.63, 3.8) is 0 Å². The Morgan fingerprint density at radius 2 is 1.90 bits per heavy atom. The summed E-state index contributed by atoms with van der Waals surface area (Å²) < 4.78 is 29.2. The topological polar surface area (TPSA) is 119 Å². The van der Waals surface area contributed by atoms with Crippen molar-refractivity contribution in [3.8, 4) is 0 Å². The molecule has 230 valence electrons. The lowest BCUT2D eigenvalue weighted by Crippen LogP contribution is -2.63. The van der Waals surface area contributed by atoms with Gasteiger partial charge in [-0.05, 0) is 52.5 Å². The Morgan fingerprint density at radius 3 is 2.56 bits per heavy atom. The number of amides is 1. The van der Waals surface area contributed by atoms with Crippen LogP contribution in [-0.2, 0) is 33.3 Å². The molecular weight excluding hydrogens is 528 g/mol. The number of nitrogens with one attached hydrogen (secondary N) is 1. The summed E-state index contributed by atoms with van der Waals surface area (Å²) in [6.45, 7) is 14.8. The van der Waals surface area contributed by atoms with Gasteiger partial charge in [0, 0.05) is 32.5 Å². The number of allylic oxidation sites excluding steroid dienone is 2. The van der Waals surface area contributed by atoms with E-state index in [-0.39, 0.29) is 36.0 Å². The molecule has 0 bridgehead atoms. The Morgan fingerprint density at radius 1 is 1.20 bits per heavy atom. The zero-order chi connectivity index (χ0) is 29.8. The van der Waals surface area contributed by atoms with Gasteiger partial charge in [0.05, 0.1) is 38.1 Å². The summed E-state index contributed by atoms with van der Waals surface area (Å²) in [6.07, 6.45) is 9.53. The number of aliphatic hydroxyl groups is 1. The van der Waals surface area contributed by atoms with Crippen molar-refractivity contribution >= 4 is 11.9 Å². The van der Waals surface area contributed by atoms with Crippen LogP contribution in [0.15, 0.2) is 36.0 Å². The summed E-state index contributed by atoms with van der Waals surface area (Å²) in [5.74, 6) is -0.367. The highest BCUT2D eigenvalue weighted by molar-refractivity contribution is 5.87. The molecule has 0 aromatic rings. The van der Waals surface area contributed by atoms with Crippen LogP contribution in [0.4, 0.5) is 0 Å². The highest BCUT2D eigenvalue weighted by Crippen LogP contribution is 2.47. The van der Waals surface area contributed by atoms with E-state index >= 15 is 0 Å². The van der Waals surface area contributed by atoms with E-state index in [1.807, 2.05) is 26.0 Å². The van der Waals surface area contributed by atoms with E-state index in [2.05, 4.69) is 30.1 Å². The summed E-state index contributed by atoms with van der Waals surface area (Å²) in [5, 5.41) is 14.1. The van der Waals surface area contributed by atoms with Crippen LogP contribution in [0.5, 0.6) is 0 Å². The minimum atomic E-state index is -0.713. The standard InChI is InChI=1S/C31H48N2O8/c1-20(8-11-27-29(36)31(19-38-31)18-30(6,41-27)33-13-15-37-16-14-33)7-10-26-21(2)17-25(23(4)40-26)32-28(35)12-9-22(3)39-24(5)34/h7-9,11-12,21-23,25-27,29,36H,10,13-19H2,1-6H3,(H,32,35)/b11-8+,12-9-,20-7+/t21-,22-,23+,25+,26-,27+,29+,30-,31+/m0/s1. The minimum Gasteiger partial charge on any atom is -0.459 e. The monoisotopic (exact) mass is 576 g/mol. The fraction of sp³-hybridized carbons (Fsp3) is 0.742. The summed E-state index contributed by atoms with van der Waals surface area (Å²) in [7, 11) is 0. The van der Waals surface area contributed by atoms with Gasteiger partial charge in [0.15, 0.2) is 0 Å². The number of epoxide rings is 1. The van der Waals surface area contributed by atoms with Crippen molar-refractivity contribution in [2.24, 2.45) is 5.92 Å². The molecule has 10 heteroatoms. The van der Waals surface area contributed by atoms with Crippen molar-refractivity contribution < 1.29 is 38.4 Å². The summed E-state index contributed by atoms with van der Waals surface area (Å²) in [6, 6.07) is -0.102. The highest BCUT2D eigenvalue weighted by Gasteiger charge is 2.62. The van der Waals surface area contributed by atoms with Gasteiger partial charge in [-0.2, -0.15) is 0 Å². The summed E-state index contributed by atoms with van der Waals surface area (Å²) in [5.41, 5.74) is 0.00806. The SMILES string of the molecule is CC(=O)O[C@@H](C)/C=C\C(=O)N[C@@H]1C[C@H](C)[C@H](C/C=C(C)/C=C/[C@H]2O[C@](C)(N3CCOCC3)C[C@@]3(CO3)[C@@H]2O)O[C@@H]1C. The van der Waals surface area contributed by atoms with Crippen LogP contribution in [0.3, 0.4) is 0 Å². The first-order valence-electron chi connectivity index (χ1n) is 14.9. The van der Waals surface area contributed by atoms with Gasteiger partial charge in [-0.15, -0.1) is 0 Å². The largest absolute Gasteiger partial charge is 0.459 e. The lowest BCUT2D eigenvalue weighted by molar-refractivity contribution is -0.249. The molecule has 4 rings (SSSR count). The zero-order valence-corrected chi connectivity index (χ0v) is 25.3. The molecule has 9 atom stereocenters. The Hall–Kier alpha value is -2.08. The zero-order valence-electron chi connectivity index (χ0n) is 25.3. The Bertz CT molecular complexity index is 1020. The molecule has 0 aliphatic carbocycles. The molecule has 4 fully saturated rings. The third-order valence-electron chi connectivity index (χ3n) is 8.70. The molecule has 1 amide bonds. The molecule has 4 heterocycles. The average molecular weight is 577 g/mol. The molecule has 2 N–H and O–H groups in total. The molecule has 1 spiro atoms. The van der Waals surface area contributed by atoms with Gasteiger partial charge in [0.2, 0.25) is 5.91 Å². The van der Waals surface area contributed by atoms with Gasteiger partial charge in [-0.1, -0.05) is 30.7 Å². The van der Waals surface area contributed by atoms with Crippen LogP contribution in [-0.4, -0.2) is 103 Å². The second kappa shape index (κ2) is 13.5. The lowest BCUT2D eigenvalue weighted by Gasteiger charge is -2.50. The fourth-order valence-corrected chi connectivity index (χ4v) is 6.18. The minimum absolute atomic E-state index is 0.0327. The lowest BCUT2D eigenvalue weighted by atomic mass is 9.85. The van der Waals surface area contributed by atoms with Crippen LogP contribution in [0, 0.1) is 5.92 Å². The third kappa shape index (κ3) is 8.27. The van der Waals surface area contributed by atoms with E-state index < -0.39 is 29.6 Å². The van der Waals surface area contributed by atoms with E-state index in [9.17, 15) is 14.7 Å². The molecule has 4 aliphatic heterocycles. The highest BCUT2D eigenvalue weighted by atomic mass is 16.6. The van der Waals surface area contributed by atoms with Gasteiger partial charge in [0.25, 0.3) is 0 Å². The smallest absolute Gasteiger partial charge is 0.303 e. The van der Waals surface area contributed by atoms with Gasteiger partial charge >= 0.3 is 5.97 Å². The van der Waals surface area contributed by atoms with Crippen LogP contribution >= 0.6 is 0 Å². The molecule has 0 aromatic carbocycles. The normalized spacial score (nSPS) is 39.2. The molecule has 4 aliphatic rings. The van der Waals surface area contributed by atoms with Gasteiger partial charge in [-0.3, -0.25) is 14.5 Å². The summed E-state index contributed by atoms with van der Waals surface area (Å²) in [4.78, 5) is 25.7. The Balaban J connectivity index is 1.29. The molecule has 0 radical (unpaired) electrons. The second-order valence-corrected chi connectivity index (χ2v) is 12.3. The Labute approximate surface area is 244 Å². The van der Waals surface area contributed by atoms with Crippen molar-refractivity contribution in [2.45, 2.75) is 109 Å². The Kier molecular flexibility index (Phi) is 10.5.